The van der Waals surface area contributed by atoms with E-state index in [4.69, 9.17) is 15.2 Å². The molecule has 21 heavy (non-hydrogen) atoms. The van der Waals surface area contributed by atoms with Crippen molar-refractivity contribution in [1.29, 1.82) is 0 Å². The van der Waals surface area contributed by atoms with Crippen LogP contribution in [0.25, 0.3) is 0 Å². The zero-order valence-corrected chi connectivity index (χ0v) is 12.5. The zero-order valence-electron chi connectivity index (χ0n) is 12.5. The first-order chi connectivity index (χ1) is 10.2. The van der Waals surface area contributed by atoms with Gasteiger partial charge in [0, 0.05) is 12.7 Å². The fourth-order valence-corrected chi connectivity index (χ4v) is 1.88. The van der Waals surface area contributed by atoms with E-state index in [1.54, 1.807) is 7.11 Å². The molecule has 0 bridgehead atoms. The first kappa shape index (κ1) is 14.9. The minimum Gasteiger partial charge on any atom is -0.497 e. The normalized spacial score (nSPS) is 10.2. The Morgan fingerprint density at radius 1 is 1.19 bits per heavy atom. The van der Waals surface area contributed by atoms with Gasteiger partial charge in [-0.1, -0.05) is 6.92 Å². The summed E-state index contributed by atoms with van der Waals surface area (Å²) in [6, 6.07) is 7.65. The summed E-state index contributed by atoms with van der Waals surface area (Å²) in [6.45, 7) is 2.61. The third-order valence-corrected chi connectivity index (χ3v) is 3.05. The Bertz CT molecular complexity index is 587. The highest BCUT2D eigenvalue weighted by Crippen LogP contribution is 2.32. The number of hydrogen-bond donors (Lipinski definition) is 1. The van der Waals surface area contributed by atoms with Gasteiger partial charge >= 0.3 is 0 Å². The van der Waals surface area contributed by atoms with E-state index >= 15 is 0 Å². The van der Waals surface area contributed by atoms with E-state index in [1.807, 2.05) is 43.1 Å². The van der Waals surface area contributed by atoms with Crippen LogP contribution in [0.3, 0.4) is 0 Å². The topological polar surface area (TPSA) is 73.5 Å². The number of rotatable bonds is 6. The summed E-state index contributed by atoms with van der Waals surface area (Å²) < 4.78 is 10.7. The van der Waals surface area contributed by atoms with Crippen LogP contribution in [0.1, 0.15) is 13.3 Å². The summed E-state index contributed by atoms with van der Waals surface area (Å²) in [7, 11) is 3.53. The molecule has 0 aliphatic rings. The van der Waals surface area contributed by atoms with Crippen molar-refractivity contribution >= 4 is 17.2 Å². The molecule has 0 radical (unpaired) electrons. The molecule has 2 aromatic rings. The fourth-order valence-electron chi connectivity index (χ4n) is 1.88. The highest BCUT2D eigenvalue weighted by Gasteiger charge is 2.14. The molecule has 2 rings (SSSR count). The second-order valence-corrected chi connectivity index (χ2v) is 4.52. The first-order valence-electron chi connectivity index (χ1n) is 6.78. The van der Waals surface area contributed by atoms with Crippen LogP contribution in [0, 0.1) is 0 Å². The largest absolute Gasteiger partial charge is 0.497 e. The zero-order chi connectivity index (χ0) is 15.2. The number of nitrogens with zero attached hydrogens (tertiary/aromatic N) is 3. The molecular formula is C15H20N4O2. The highest BCUT2D eigenvalue weighted by atomic mass is 16.5. The van der Waals surface area contributed by atoms with Gasteiger partial charge in [0.25, 0.3) is 0 Å². The van der Waals surface area contributed by atoms with E-state index < -0.39 is 0 Å². The third kappa shape index (κ3) is 3.34. The molecule has 0 aliphatic carbocycles. The van der Waals surface area contributed by atoms with Crippen LogP contribution in [0.2, 0.25) is 0 Å². The van der Waals surface area contributed by atoms with E-state index in [-0.39, 0.29) is 0 Å². The molecule has 0 fully saturated rings. The first-order valence-corrected chi connectivity index (χ1v) is 6.78. The molecule has 112 valence electrons. The number of benzene rings is 1. The molecule has 1 aromatic heterocycles. The number of nitrogen functional groups attached to an aromatic ring is 1. The van der Waals surface area contributed by atoms with Crippen molar-refractivity contribution in [3.05, 3.63) is 30.6 Å². The standard InChI is InChI=1S/C15H20N4O2/c1-4-9-21-15-13(16)14(17-10-18-15)19(2)11-5-7-12(20-3)8-6-11/h5-8,10H,4,9,16H2,1-3H3. The average molecular weight is 288 g/mol. The van der Waals surface area contributed by atoms with Gasteiger partial charge in [-0.05, 0) is 30.7 Å². The molecule has 0 atom stereocenters. The van der Waals surface area contributed by atoms with Crippen molar-refractivity contribution in [1.82, 2.24) is 9.97 Å². The van der Waals surface area contributed by atoms with Gasteiger partial charge in [-0.15, -0.1) is 0 Å². The predicted octanol–water partition coefficient (Wildman–Crippen LogP) is 2.62. The molecule has 0 aliphatic heterocycles. The number of ether oxygens (including phenoxy) is 2. The van der Waals surface area contributed by atoms with Gasteiger partial charge in [0.1, 0.15) is 17.8 Å². The van der Waals surface area contributed by atoms with Gasteiger partial charge in [0.15, 0.2) is 5.82 Å². The molecular weight excluding hydrogens is 268 g/mol. The molecule has 0 unspecified atom stereocenters. The van der Waals surface area contributed by atoms with Crippen molar-refractivity contribution in [3.8, 4) is 11.6 Å². The van der Waals surface area contributed by atoms with Crippen molar-refractivity contribution in [2.45, 2.75) is 13.3 Å². The van der Waals surface area contributed by atoms with Crippen LogP contribution in [0.15, 0.2) is 30.6 Å². The van der Waals surface area contributed by atoms with Gasteiger partial charge < -0.3 is 20.1 Å². The van der Waals surface area contributed by atoms with Crippen LogP contribution in [-0.4, -0.2) is 30.7 Å². The SMILES string of the molecule is CCCOc1ncnc(N(C)c2ccc(OC)cc2)c1N. The Hall–Kier alpha value is -2.50. The molecule has 0 saturated heterocycles. The van der Waals surface area contributed by atoms with Gasteiger partial charge in [-0.2, -0.15) is 4.98 Å². The number of hydrogen-bond acceptors (Lipinski definition) is 6. The Morgan fingerprint density at radius 2 is 1.90 bits per heavy atom. The Morgan fingerprint density at radius 3 is 2.52 bits per heavy atom. The van der Waals surface area contributed by atoms with Gasteiger partial charge in [-0.25, -0.2) is 4.98 Å². The maximum atomic E-state index is 6.10. The van der Waals surface area contributed by atoms with E-state index in [0.717, 1.165) is 17.9 Å². The highest BCUT2D eigenvalue weighted by molar-refractivity contribution is 5.73. The lowest BCUT2D eigenvalue weighted by atomic mass is 10.2. The second-order valence-electron chi connectivity index (χ2n) is 4.52. The molecule has 0 saturated carbocycles. The van der Waals surface area contributed by atoms with Crippen molar-refractivity contribution < 1.29 is 9.47 Å². The van der Waals surface area contributed by atoms with E-state index in [2.05, 4.69) is 9.97 Å². The monoisotopic (exact) mass is 288 g/mol. The van der Waals surface area contributed by atoms with Crippen LogP contribution >= 0.6 is 0 Å². The molecule has 1 heterocycles. The van der Waals surface area contributed by atoms with Crippen LogP contribution in [-0.2, 0) is 0 Å². The number of nitrogens with two attached hydrogens (primary N) is 1. The lowest BCUT2D eigenvalue weighted by molar-refractivity contribution is 0.306. The number of aromatic nitrogens is 2. The van der Waals surface area contributed by atoms with Crippen molar-refractivity contribution in [2.75, 3.05) is 31.4 Å². The van der Waals surface area contributed by atoms with E-state index in [1.165, 1.54) is 6.33 Å². The Kier molecular flexibility index (Phi) is 4.81. The summed E-state index contributed by atoms with van der Waals surface area (Å²) in [5, 5.41) is 0. The Labute approximate surface area is 124 Å². The Balaban J connectivity index is 2.27. The molecule has 2 N–H and O–H groups in total. The van der Waals surface area contributed by atoms with Crippen LogP contribution in [0.5, 0.6) is 11.6 Å². The fraction of sp³-hybridized carbons (Fsp3) is 0.333. The van der Waals surface area contributed by atoms with Crippen molar-refractivity contribution in [3.63, 3.8) is 0 Å². The quantitative estimate of drug-likeness (QED) is 0.880. The molecule has 6 heteroatoms. The van der Waals surface area contributed by atoms with E-state index in [0.29, 0.717) is 24.0 Å². The lowest BCUT2D eigenvalue weighted by Crippen LogP contribution is -2.15. The smallest absolute Gasteiger partial charge is 0.242 e. The molecule has 0 spiro atoms. The van der Waals surface area contributed by atoms with Crippen LogP contribution in [0.4, 0.5) is 17.2 Å². The maximum Gasteiger partial charge on any atom is 0.242 e. The number of methoxy groups -OCH3 is 1. The van der Waals surface area contributed by atoms with Gasteiger partial charge in [0.05, 0.1) is 13.7 Å². The third-order valence-electron chi connectivity index (χ3n) is 3.05. The summed E-state index contributed by atoms with van der Waals surface area (Å²) in [4.78, 5) is 10.2. The minimum absolute atomic E-state index is 0.419. The summed E-state index contributed by atoms with van der Waals surface area (Å²) in [6.07, 6.45) is 2.35. The van der Waals surface area contributed by atoms with E-state index in [9.17, 15) is 0 Å². The number of anilines is 3. The predicted molar refractivity (Wildman–Crippen MR) is 83.3 cm³/mol. The molecule has 6 nitrogen and oxygen atoms in total. The lowest BCUT2D eigenvalue weighted by Gasteiger charge is -2.20. The summed E-state index contributed by atoms with van der Waals surface area (Å²) in [5.41, 5.74) is 7.48. The van der Waals surface area contributed by atoms with Crippen LogP contribution < -0.4 is 20.1 Å². The second kappa shape index (κ2) is 6.78. The maximum absolute atomic E-state index is 6.10. The average Bonchev–Trinajstić information content (AvgIpc) is 2.53. The summed E-state index contributed by atoms with van der Waals surface area (Å²) >= 11 is 0. The summed E-state index contributed by atoms with van der Waals surface area (Å²) in [5.74, 6) is 1.83. The van der Waals surface area contributed by atoms with Gasteiger partial charge in [0.2, 0.25) is 5.88 Å². The van der Waals surface area contributed by atoms with Gasteiger partial charge in [-0.3, -0.25) is 0 Å². The minimum atomic E-state index is 0.419. The molecule has 0 amide bonds. The molecule has 1 aromatic carbocycles. The van der Waals surface area contributed by atoms with Crippen molar-refractivity contribution in [2.24, 2.45) is 0 Å².